The van der Waals surface area contributed by atoms with Crippen molar-refractivity contribution in [3.8, 4) is 0 Å². The summed E-state index contributed by atoms with van der Waals surface area (Å²) in [6, 6.07) is 16.2. The molecule has 1 aromatic heterocycles. The van der Waals surface area contributed by atoms with Gasteiger partial charge in [0, 0.05) is 18.3 Å². The monoisotopic (exact) mass is 459 g/mol. The van der Waals surface area contributed by atoms with E-state index < -0.39 is 12.0 Å². The number of hydrogen-bond acceptors (Lipinski definition) is 6. The first-order valence-electron chi connectivity index (χ1n) is 10.6. The lowest BCUT2D eigenvalue weighted by atomic mass is 9.97. The van der Waals surface area contributed by atoms with Gasteiger partial charge in [-0.3, -0.25) is 14.2 Å². The van der Waals surface area contributed by atoms with Crippen LogP contribution in [0.25, 0.3) is 11.3 Å². The largest absolute Gasteiger partial charge is 0.463 e. The molecule has 1 unspecified atom stereocenters. The van der Waals surface area contributed by atoms with E-state index >= 15 is 0 Å². The number of hydrogen-bond donors (Lipinski definition) is 0. The predicted octanol–water partition coefficient (Wildman–Crippen LogP) is 2.25. The second kappa shape index (κ2) is 7.97. The molecule has 1 atom stereocenters. The molecule has 8 heteroatoms. The number of fused-ring (bicyclic) bond motifs is 2. The third-order valence-electron chi connectivity index (χ3n) is 5.91. The number of thiazole rings is 1. The molecule has 0 saturated heterocycles. The van der Waals surface area contributed by atoms with Gasteiger partial charge in [0.05, 0.1) is 23.4 Å². The highest BCUT2D eigenvalue weighted by atomic mass is 32.1. The molecule has 0 N–H and O–H groups in total. The highest BCUT2D eigenvalue weighted by Gasteiger charge is 2.34. The lowest BCUT2D eigenvalue weighted by molar-refractivity contribution is -0.138. The standard InChI is InChI=1S/C25H21N3O4S/c1-4-32-24(31)18-14(2)28-23(30)21(19-16-12-8-9-13-17(16)27(3)22(19)29)33-25(28)26-20(18)15-10-6-5-7-11-15/h5-13,20H,4H2,1-3H3/b21-19-. The Balaban J connectivity index is 1.83. The third-order valence-corrected chi connectivity index (χ3v) is 6.96. The molecule has 33 heavy (non-hydrogen) atoms. The maximum Gasteiger partial charge on any atom is 0.338 e. The fourth-order valence-corrected chi connectivity index (χ4v) is 5.46. The Hall–Kier alpha value is -3.78. The van der Waals surface area contributed by atoms with E-state index in [0.717, 1.165) is 11.3 Å². The first-order chi connectivity index (χ1) is 15.9. The van der Waals surface area contributed by atoms with Crippen molar-refractivity contribution in [3.63, 3.8) is 0 Å². The van der Waals surface area contributed by atoms with E-state index in [0.29, 0.717) is 31.7 Å². The van der Waals surface area contributed by atoms with Crippen LogP contribution in [-0.2, 0) is 14.3 Å². The summed E-state index contributed by atoms with van der Waals surface area (Å²) >= 11 is 1.17. The van der Waals surface area contributed by atoms with Crippen LogP contribution in [0.2, 0.25) is 0 Å². The van der Waals surface area contributed by atoms with Crippen LogP contribution in [0.5, 0.6) is 0 Å². The summed E-state index contributed by atoms with van der Waals surface area (Å²) in [6.07, 6.45) is 0. The number of carbonyl (C=O) groups is 2. The molecule has 1 amide bonds. The Morgan fingerprint density at radius 2 is 1.79 bits per heavy atom. The van der Waals surface area contributed by atoms with Gasteiger partial charge < -0.3 is 9.64 Å². The fourth-order valence-electron chi connectivity index (χ4n) is 4.33. The third kappa shape index (κ3) is 3.17. The van der Waals surface area contributed by atoms with Gasteiger partial charge in [-0.15, -0.1) is 0 Å². The first kappa shape index (κ1) is 21.1. The van der Waals surface area contributed by atoms with E-state index in [1.165, 1.54) is 15.9 Å². The van der Waals surface area contributed by atoms with Gasteiger partial charge in [0.25, 0.3) is 11.5 Å². The molecule has 0 fully saturated rings. The number of nitrogens with zero attached hydrogens (tertiary/aromatic N) is 3. The molecule has 5 rings (SSSR count). The van der Waals surface area contributed by atoms with E-state index in [1.54, 1.807) is 25.8 Å². The zero-order valence-corrected chi connectivity index (χ0v) is 19.2. The number of carbonyl (C=O) groups excluding carboxylic acids is 2. The number of aromatic nitrogens is 1. The molecule has 0 aliphatic carbocycles. The van der Waals surface area contributed by atoms with E-state index in [1.807, 2.05) is 54.6 Å². The zero-order chi connectivity index (χ0) is 23.3. The number of amides is 1. The fraction of sp³-hybridized carbons (Fsp3) is 0.200. The normalized spacial score (nSPS) is 18.7. The van der Waals surface area contributed by atoms with E-state index in [-0.39, 0.29) is 18.1 Å². The van der Waals surface area contributed by atoms with Gasteiger partial charge in [-0.1, -0.05) is 59.9 Å². The summed E-state index contributed by atoms with van der Waals surface area (Å²) < 4.78 is 7.04. The molecule has 0 saturated carbocycles. The number of rotatable bonds is 3. The molecule has 2 aliphatic rings. The molecule has 0 bridgehead atoms. The lowest BCUT2D eigenvalue weighted by Crippen LogP contribution is -2.36. The van der Waals surface area contributed by atoms with Crippen LogP contribution in [0, 0.1) is 0 Å². The van der Waals surface area contributed by atoms with Crippen LogP contribution in [0.3, 0.4) is 0 Å². The molecule has 3 heterocycles. The minimum absolute atomic E-state index is 0.212. The van der Waals surface area contributed by atoms with Gasteiger partial charge in [-0.2, -0.15) is 0 Å². The van der Waals surface area contributed by atoms with Gasteiger partial charge in [-0.05, 0) is 25.5 Å². The smallest absolute Gasteiger partial charge is 0.338 e. The number of benzene rings is 2. The van der Waals surface area contributed by atoms with E-state index in [9.17, 15) is 14.4 Å². The Labute approximate surface area is 193 Å². The van der Waals surface area contributed by atoms with Gasteiger partial charge in [0.2, 0.25) is 0 Å². The Kier molecular flexibility index (Phi) is 5.09. The molecular formula is C25H21N3O4S. The second-order valence-corrected chi connectivity index (χ2v) is 8.75. The Bertz CT molecular complexity index is 1510. The van der Waals surface area contributed by atoms with Crippen LogP contribution in [0.4, 0.5) is 5.69 Å². The highest BCUT2D eigenvalue weighted by molar-refractivity contribution is 7.07. The predicted molar refractivity (Wildman–Crippen MR) is 126 cm³/mol. The summed E-state index contributed by atoms with van der Waals surface area (Å²) in [6.45, 7) is 3.67. The summed E-state index contributed by atoms with van der Waals surface area (Å²) in [5.74, 6) is -0.744. The van der Waals surface area contributed by atoms with Crippen molar-refractivity contribution in [2.45, 2.75) is 19.9 Å². The van der Waals surface area contributed by atoms with Crippen molar-refractivity contribution in [2.75, 3.05) is 18.6 Å². The lowest BCUT2D eigenvalue weighted by Gasteiger charge is -2.22. The SMILES string of the molecule is CCOC(=O)C1=C(C)n2c(s/c(=C3\C(=O)N(C)c4ccccc43)c2=O)=NC1c1ccccc1. The molecule has 7 nitrogen and oxygen atoms in total. The first-order valence-corrected chi connectivity index (χ1v) is 11.4. The minimum Gasteiger partial charge on any atom is -0.463 e. The number of anilines is 1. The van der Waals surface area contributed by atoms with Crippen molar-refractivity contribution >= 4 is 40.2 Å². The molecule has 0 radical (unpaired) electrons. The maximum atomic E-state index is 13.6. The van der Waals surface area contributed by atoms with Crippen molar-refractivity contribution < 1.29 is 14.3 Å². The number of ether oxygens (including phenoxy) is 1. The van der Waals surface area contributed by atoms with Gasteiger partial charge in [-0.25, -0.2) is 9.79 Å². The molecular weight excluding hydrogens is 438 g/mol. The zero-order valence-electron chi connectivity index (χ0n) is 18.4. The molecule has 2 aromatic carbocycles. The second-order valence-electron chi connectivity index (χ2n) is 7.77. The molecule has 2 aliphatic heterocycles. The van der Waals surface area contributed by atoms with Gasteiger partial charge in [0.15, 0.2) is 4.80 Å². The van der Waals surface area contributed by atoms with Crippen molar-refractivity contribution in [1.29, 1.82) is 0 Å². The van der Waals surface area contributed by atoms with E-state index in [2.05, 4.69) is 0 Å². The van der Waals surface area contributed by atoms with Crippen molar-refractivity contribution in [3.05, 3.63) is 91.0 Å². The van der Waals surface area contributed by atoms with Crippen molar-refractivity contribution in [1.82, 2.24) is 4.57 Å². The Morgan fingerprint density at radius 1 is 1.09 bits per heavy atom. The summed E-state index contributed by atoms with van der Waals surface area (Å²) in [5, 5.41) is 0. The Morgan fingerprint density at radius 3 is 2.52 bits per heavy atom. The maximum absolute atomic E-state index is 13.6. The molecule has 0 spiro atoms. The number of esters is 1. The average Bonchev–Trinajstić information content (AvgIpc) is 3.28. The van der Waals surface area contributed by atoms with Gasteiger partial charge >= 0.3 is 5.97 Å². The van der Waals surface area contributed by atoms with E-state index in [4.69, 9.17) is 9.73 Å². The van der Waals surface area contributed by atoms with Crippen LogP contribution in [0.15, 0.2) is 70.0 Å². The van der Waals surface area contributed by atoms with Gasteiger partial charge in [0.1, 0.15) is 10.6 Å². The summed E-state index contributed by atoms with van der Waals surface area (Å²) in [7, 11) is 1.69. The quantitative estimate of drug-likeness (QED) is 0.563. The number of allylic oxidation sites excluding steroid dienone is 1. The summed E-state index contributed by atoms with van der Waals surface area (Å²) in [5.41, 5.74) is 3.08. The average molecular weight is 460 g/mol. The van der Waals surface area contributed by atoms with Crippen LogP contribution >= 0.6 is 11.3 Å². The topological polar surface area (TPSA) is 81.0 Å². The van der Waals surface area contributed by atoms with Crippen LogP contribution in [-0.4, -0.2) is 30.1 Å². The molecule has 3 aromatic rings. The molecule has 166 valence electrons. The minimum atomic E-state index is -0.601. The number of likely N-dealkylation sites (N-methyl/N-ethyl adjacent to an activating group) is 1. The van der Waals surface area contributed by atoms with Crippen LogP contribution < -0.4 is 19.8 Å². The summed E-state index contributed by atoms with van der Waals surface area (Å²) in [4.78, 5) is 46.4. The van der Waals surface area contributed by atoms with Crippen molar-refractivity contribution in [2.24, 2.45) is 4.99 Å². The highest BCUT2D eigenvalue weighted by Crippen LogP contribution is 2.34. The van der Waals surface area contributed by atoms with Crippen LogP contribution in [0.1, 0.15) is 31.0 Å². The number of para-hydroxylation sites is 1.